The van der Waals surface area contributed by atoms with E-state index in [1.54, 1.807) is 0 Å². The molecule has 0 aromatic heterocycles. The maximum Gasteiger partial charge on any atom is 0.0256 e. The monoisotopic (exact) mass is 153 g/mol. The molecule has 1 atom stereocenters. The smallest absolute Gasteiger partial charge is 0.0256 e. The molecule has 0 N–H and O–H groups in total. The Morgan fingerprint density at radius 2 is 2.09 bits per heavy atom. The Morgan fingerprint density at radius 1 is 1.36 bits per heavy atom. The van der Waals surface area contributed by atoms with Crippen molar-refractivity contribution in [2.75, 3.05) is 6.54 Å². The summed E-state index contributed by atoms with van der Waals surface area (Å²) in [6, 6.07) is 0.763. The van der Waals surface area contributed by atoms with Gasteiger partial charge in [-0.15, -0.1) is 0 Å². The quantitative estimate of drug-likeness (QED) is 0.560. The fourth-order valence-corrected chi connectivity index (χ4v) is 1.64. The van der Waals surface area contributed by atoms with Crippen molar-refractivity contribution in [2.45, 2.75) is 46.1 Å². The lowest BCUT2D eigenvalue weighted by Gasteiger charge is -2.32. The summed E-state index contributed by atoms with van der Waals surface area (Å²) < 4.78 is 0. The van der Waals surface area contributed by atoms with Gasteiger partial charge >= 0.3 is 0 Å². The van der Waals surface area contributed by atoms with Crippen molar-refractivity contribution in [1.82, 2.24) is 4.90 Å². The molecule has 1 heteroatoms. The van der Waals surface area contributed by atoms with Crippen molar-refractivity contribution in [3.8, 4) is 0 Å². The third-order valence-corrected chi connectivity index (χ3v) is 2.28. The van der Waals surface area contributed by atoms with Gasteiger partial charge in [-0.05, 0) is 46.2 Å². The molecule has 11 heavy (non-hydrogen) atoms. The molecule has 0 spiro atoms. The Kier molecular flexibility index (Phi) is 2.98. The molecule has 0 aromatic carbocycles. The van der Waals surface area contributed by atoms with Gasteiger partial charge in [-0.1, -0.05) is 5.57 Å². The average molecular weight is 153 g/mol. The van der Waals surface area contributed by atoms with E-state index < -0.39 is 0 Å². The molecule has 0 aromatic rings. The molecule has 1 nitrogen and oxygen atoms in total. The zero-order chi connectivity index (χ0) is 8.27. The third-order valence-electron chi connectivity index (χ3n) is 2.28. The van der Waals surface area contributed by atoms with Crippen LogP contribution >= 0.6 is 0 Å². The SMILES string of the molecule is CC(C)=CN1CCCCC1C. The highest BCUT2D eigenvalue weighted by molar-refractivity contribution is 4.95. The number of piperidine rings is 1. The van der Waals surface area contributed by atoms with Gasteiger partial charge in [0.2, 0.25) is 0 Å². The molecule has 1 heterocycles. The topological polar surface area (TPSA) is 3.24 Å². The highest BCUT2D eigenvalue weighted by atomic mass is 15.1. The summed E-state index contributed by atoms with van der Waals surface area (Å²) in [5.41, 5.74) is 1.42. The van der Waals surface area contributed by atoms with Gasteiger partial charge in [-0.2, -0.15) is 0 Å². The summed E-state index contributed by atoms with van der Waals surface area (Å²) in [6.07, 6.45) is 6.44. The summed E-state index contributed by atoms with van der Waals surface area (Å²) in [7, 11) is 0. The van der Waals surface area contributed by atoms with Crippen molar-refractivity contribution in [3.63, 3.8) is 0 Å². The van der Waals surface area contributed by atoms with E-state index in [1.807, 2.05) is 0 Å². The summed E-state index contributed by atoms with van der Waals surface area (Å²) in [4.78, 5) is 2.47. The summed E-state index contributed by atoms with van der Waals surface area (Å²) >= 11 is 0. The Labute approximate surface area is 70.1 Å². The molecule has 1 aliphatic rings. The van der Waals surface area contributed by atoms with Gasteiger partial charge in [0.1, 0.15) is 0 Å². The van der Waals surface area contributed by atoms with E-state index in [4.69, 9.17) is 0 Å². The first kappa shape index (κ1) is 8.63. The molecule has 0 bridgehead atoms. The molecule has 0 radical (unpaired) electrons. The first-order valence-corrected chi connectivity index (χ1v) is 4.61. The number of rotatable bonds is 1. The van der Waals surface area contributed by atoms with Crippen LogP contribution in [0, 0.1) is 0 Å². The van der Waals surface area contributed by atoms with Crippen molar-refractivity contribution in [1.29, 1.82) is 0 Å². The van der Waals surface area contributed by atoms with Crippen LogP contribution in [0.2, 0.25) is 0 Å². The van der Waals surface area contributed by atoms with Crippen LogP contribution in [-0.2, 0) is 0 Å². The Morgan fingerprint density at radius 3 is 2.64 bits per heavy atom. The maximum atomic E-state index is 2.47. The van der Waals surface area contributed by atoms with E-state index in [-0.39, 0.29) is 0 Å². The highest BCUT2D eigenvalue weighted by Crippen LogP contribution is 2.17. The van der Waals surface area contributed by atoms with Crippen LogP contribution in [0.1, 0.15) is 40.0 Å². The molecule has 64 valence electrons. The number of nitrogens with zero attached hydrogens (tertiary/aromatic N) is 1. The third kappa shape index (κ3) is 2.57. The highest BCUT2D eigenvalue weighted by Gasteiger charge is 2.14. The molecular weight excluding hydrogens is 134 g/mol. The number of allylic oxidation sites excluding steroid dienone is 1. The molecule has 1 aliphatic heterocycles. The van der Waals surface area contributed by atoms with Gasteiger partial charge in [0.15, 0.2) is 0 Å². The Bertz CT molecular complexity index is 145. The molecule has 1 fully saturated rings. The van der Waals surface area contributed by atoms with E-state index in [9.17, 15) is 0 Å². The minimum absolute atomic E-state index is 0.763. The lowest BCUT2D eigenvalue weighted by atomic mass is 10.0. The maximum absolute atomic E-state index is 2.47. The minimum atomic E-state index is 0.763. The zero-order valence-corrected chi connectivity index (χ0v) is 7.93. The predicted molar refractivity (Wildman–Crippen MR) is 49.5 cm³/mol. The fraction of sp³-hybridized carbons (Fsp3) is 0.800. The Hall–Kier alpha value is -0.460. The Balaban J connectivity index is 2.48. The van der Waals surface area contributed by atoms with Gasteiger partial charge in [-0.3, -0.25) is 0 Å². The van der Waals surface area contributed by atoms with Crippen molar-refractivity contribution in [3.05, 3.63) is 11.8 Å². The van der Waals surface area contributed by atoms with E-state index >= 15 is 0 Å². The molecule has 1 rings (SSSR count). The predicted octanol–water partition coefficient (Wildman–Crippen LogP) is 2.78. The fourth-order valence-electron chi connectivity index (χ4n) is 1.64. The second-order valence-corrected chi connectivity index (χ2v) is 3.79. The van der Waals surface area contributed by atoms with Crippen LogP contribution in [-0.4, -0.2) is 17.5 Å². The first-order valence-electron chi connectivity index (χ1n) is 4.61. The van der Waals surface area contributed by atoms with E-state index in [2.05, 4.69) is 31.9 Å². The van der Waals surface area contributed by atoms with Gasteiger partial charge in [0.25, 0.3) is 0 Å². The molecular formula is C10H19N. The van der Waals surface area contributed by atoms with Crippen LogP contribution in [0.4, 0.5) is 0 Å². The standard InChI is InChI=1S/C10H19N/c1-9(2)8-11-7-5-4-6-10(11)3/h8,10H,4-7H2,1-3H3. The van der Waals surface area contributed by atoms with Gasteiger partial charge in [0, 0.05) is 12.6 Å². The minimum Gasteiger partial charge on any atom is -0.375 e. The van der Waals surface area contributed by atoms with Gasteiger partial charge in [0.05, 0.1) is 0 Å². The van der Waals surface area contributed by atoms with Crippen molar-refractivity contribution < 1.29 is 0 Å². The average Bonchev–Trinajstić information content (AvgIpc) is 1.93. The van der Waals surface area contributed by atoms with Crippen LogP contribution < -0.4 is 0 Å². The summed E-state index contributed by atoms with van der Waals surface area (Å²) in [5, 5.41) is 0. The van der Waals surface area contributed by atoms with Crippen molar-refractivity contribution >= 4 is 0 Å². The largest absolute Gasteiger partial charge is 0.375 e. The molecule has 0 saturated carbocycles. The summed E-state index contributed by atoms with van der Waals surface area (Å²) in [6.45, 7) is 7.91. The van der Waals surface area contributed by atoms with Gasteiger partial charge < -0.3 is 4.90 Å². The second-order valence-electron chi connectivity index (χ2n) is 3.79. The first-order chi connectivity index (χ1) is 5.20. The van der Waals surface area contributed by atoms with E-state index in [1.165, 1.54) is 31.4 Å². The molecule has 0 aliphatic carbocycles. The van der Waals surface area contributed by atoms with Crippen LogP contribution in [0.5, 0.6) is 0 Å². The number of hydrogen-bond acceptors (Lipinski definition) is 1. The molecule has 1 unspecified atom stereocenters. The van der Waals surface area contributed by atoms with Crippen LogP contribution in [0.25, 0.3) is 0 Å². The zero-order valence-electron chi connectivity index (χ0n) is 7.93. The molecule has 1 saturated heterocycles. The van der Waals surface area contributed by atoms with Crippen LogP contribution in [0.15, 0.2) is 11.8 Å². The number of likely N-dealkylation sites (tertiary alicyclic amines) is 1. The molecule has 0 amide bonds. The summed E-state index contributed by atoms with van der Waals surface area (Å²) in [5.74, 6) is 0. The lowest BCUT2D eigenvalue weighted by Crippen LogP contribution is -2.33. The van der Waals surface area contributed by atoms with E-state index in [0.29, 0.717) is 0 Å². The number of hydrogen-bond donors (Lipinski definition) is 0. The van der Waals surface area contributed by atoms with Crippen LogP contribution in [0.3, 0.4) is 0 Å². The lowest BCUT2D eigenvalue weighted by molar-refractivity contribution is 0.227. The normalized spacial score (nSPS) is 25.0. The van der Waals surface area contributed by atoms with Crippen molar-refractivity contribution in [2.24, 2.45) is 0 Å². The second kappa shape index (κ2) is 3.80. The van der Waals surface area contributed by atoms with Gasteiger partial charge in [-0.25, -0.2) is 0 Å². The van der Waals surface area contributed by atoms with E-state index in [0.717, 1.165) is 6.04 Å².